The highest BCUT2D eigenvalue weighted by atomic mass is 16.5. The summed E-state index contributed by atoms with van der Waals surface area (Å²) < 4.78 is 11.9. The molecule has 0 radical (unpaired) electrons. The summed E-state index contributed by atoms with van der Waals surface area (Å²) in [7, 11) is 1.65. The Morgan fingerprint density at radius 1 is 1.19 bits per heavy atom. The van der Waals surface area contributed by atoms with Crippen molar-refractivity contribution in [3.8, 4) is 28.8 Å². The summed E-state index contributed by atoms with van der Waals surface area (Å²) in [6.07, 6.45) is 5.23. The van der Waals surface area contributed by atoms with Crippen molar-refractivity contribution in [1.82, 2.24) is 25.5 Å². The van der Waals surface area contributed by atoms with Crippen molar-refractivity contribution >= 4 is 11.6 Å². The van der Waals surface area contributed by atoms with Gasteiger partial charge in [0.2, 0.25) is 0 Å². The van der Waals surface area contributed by atoms with Crippen LogP contribution in [0, 0.1) is 24.2 Å². The van der Waals surface area contributed by atoms with Gasteiger partial charge in [-0.3, -0.25) is 5.10 Å². The SMILES string of the molecule is COc1cc(C)cc(OCC2CCCNC2)c1-c1cc(Nc2cnc(C#N)cn2)n[nH]1. The third kappa shape index (κ3) is 4.92. The Kier molecular flexibility index (Phi) is 6.29. The first kappa shape index (κ1) is 20.6. The molecule has 0 spiro atoms. The number of benzene rings is 1. The summed E-state index contributed by atoms with van der Waals surface area (Å²) in [6, 6.07) is 7.81. The minimum atomic E-state index is 0.257. The standard InChI is InChI=1S/C22H25N7O2/c1-14-6-18(30-2)22(19(7-14)31-13-15-4-3-5-24-10-15)17-8-20(29-28-17)27-21-12-25-16(9-23)11-26-21/h6-8,11-12,15,24H,3-5,10,13H2,1-2H3,(H2,26,27,28,29). The normalized spacial score (nSPS) is 15.8. The number of piperidine rings is 1. The quantitative estimate of drug-likeness (QED) is 0.534. The Bertz CT molecular complexity index is 1070. The smallest absolute Gasteiger partial charge is 0.158 e. The van der Waals surface area contributed by atoms with Gasteiger partial charge in [-0.05, 0) is 44.0 Å². The Morgan fingerprint density at radius 3 is 2.77 bits per heavy atom. The molecule has 4 rings (SSSR count). The summed E-state index contributed by atoms with van der Waals surface area (Å²) >= 11 is 0. The summed E-state index contributed by atoms with van der Waals surface area (Å²) in [6.45, 7) is 4.72. The number of methoxy groups -OCH3 is 1. The van der Waals surface area contributed by atoms with Crippen LogP contribution in [0.15, 0.2) is 30.6 Å². The van der Waals surface area contributed by atoms with Gasteiger partial charge in [0.25, 0.3) is 0 Å². The minimum Gasteiger partial charge on any atom is -0.496 e. The number of H-pyrrole nitrogens is 1. The Morgan fingerprint density at radius 2 is 2.06 bits per heavy atom. The van der Waals surface area contributed by atoms with Gasteiger partial charge in [0.1, 0.15) is 23.4 Å². The van der Waals surface area contributed by atoms with Crippen molar-refractivity contribution < 1.29 is 9.47 Å². The van der Waals surface area contributed by atoms with Crippen LogP contribution in [0.5, 0.6) is 11.5 Å². The average molecular weight is 419 g/mol. The maximum absolute atomic E-state index is 8.85. The fraction of sp³-hybridized carbons (Fsp3) is 0.364. The van der Waals surface area contributed by atoms with Crippen LogP contribution < -0.4 is 20.1 Å². The van der Waals surface area contributed by atoms with Crippen LogP contribution in [0.4, 0.5) is 11.6 Å². The van der Waals surface area contributed by atoms with Crippen molar-refractivity contribution in [2.24, 2.45) is 5.92 Å². The zero-order valence-electron chi connectivity index (χ0n) is 17.6. The molecule has 3 N–H and O–H groups in total. The number of anilines is 2. The Hall–Kier alpha value is -3.64. The number of nitriles is 1. The first-order valence-electron chi connectivity index (χ1n) is 10.2. The van der Waals surface area contributed by atoms with Gasteiger partial charge in [-0.2, -0.15) is 10.4 Å². The molecule has 1 fully saturated rings. The van der Waals surface area contributed by atoms with Crippen LogP contribution in [0.25, 0.3) is 11.3 Å². The lowest BCUT2D eigenvalue weighted by Gasteiger charge is -2.24. The molecule has 1 aliphatic rings. The van der Waals surface area contributed by atoms with E-state index in [1.54, 1.807) is 7.11 Å². The fourth-order valence-corrected chi connectivity index (χ4v) is 3.63. The molecule has 3 heterocycles. The molecular formula is C22H25N7O2. The van der Waals surface area contributed by atoms with Crippen LogP contribution in [-0.2, 0) is 0 Å². The number of rotatable bonds is 7. The average Bonchev–Trinajstić information content (AvgIpc) is 3.26. The number of hydrogen-bond acceptors (Lipinski definition) is 8. The van der Waals surface area contributed by atoms with Crippen LogP contribution in [0.3, 0.4) is 0 Å². The number of nitrogens with zero attached hydrogens (tertiary/aromatic N) is 4. The molecule has 9 heteroatoms. The van der Waals surface area contributed by atoms with Crippen LogP contribution in [-0.4, -0.2) is 47.0 Å². The molecule has 1 aromatic carbocycles. The molecular weight excluding hydrogens is 394 g/mol. The molecule has 3 aromatic rings. The lowest BCUT2D eigenvalue weighted by Crippen LogP contribution is -2.33. The monoisotopic (exact) mass is 419 g/mol. The zero-order chi connectivity index (χ0) is 21.6. The first-order chi connectivity index (χ1) is 15.2. The number of hydrogen-bond donors (Lipinski definition) is 3. The maximum Gasteiger partial charge on any atom is 0.158 e. The van der Waals surface area contributed by atoms with E-state index in [4.69, 9.17) is 14.7 Å². The second-order valence-electron chi connectivity index (χ2n) is 7.55. The van der Waals surface area contributed by atoms with Gasteiger partial charge in [-0.1, -0.05) is 0 Å². The minimum absolute atomic E-state index is 0.257. The van der Waals surface area contributed by atoms with Gasteiger partial charge in [0.05, 0.1) is 37.4 Å². The number of ether oxygens (including phenoxy) is 2. The van der Waals surface area contributed by atoms with E-state index in [1.807, 2.05) is 31.2 Å². The molecule has 1 unspecified atom stereocenters. The Balaban J connectivity index is 1.58. The molecule has 1 aliphatic heterocycles. The van der Waals surface area contributed by atoms with Crippen molar-refractivity contribution in [3.63, 3.8) is 0 Å². The van der Waals surface area contributed by atoms with E-state index in [-0.39, 0.29) is 5.69 Å². The molecule has 1 atom stereocenters. The number of aromatic nitrogens is 4. The highest BCUT2D eigenvalue weighted by Crippen LogP contribution is 2.40. The number of nitrogens with one attached hydrogen (secondary N) is 3. The molecule has 0 amide bonds. The van der Waals surface area contributed by atoms with E-state index < -0.39 is 0 Å². The van der Waals surface area contributed by atoms with E-state index in [0.717, 1.165) is 42.1 Å². The summed E-state index contributed by atoms with van der Waals surface area (Å²) in [5, 5.41) is 22.7. The van der Waals surface area contributed by atoms with E-state index >= 15 is 0 Å². The van der Waals surface area contributed by atoms with E-state index in [9.17, 15) is 0 Å². The molecule has 31 heavy (non-hydrogen) atoms. The molecule has 2 aromatic heterocycles. The molecule has 1 saturated heterocycles. The van der Waals surface area contributed by atoms with Gasteiger partial charge < -0.3 is 20.1 Å². The third-order valence-corrected chi connectivity index (χ3v) is 5.17. The summed E-state index contributed by atoms with van der Waals surface area (Å²) in [5.74, 6) is 3.02. The summed E-state index contributed by atoms with van der Waals surface area (Å²) in [5.41, 5.74) is 2.90. The second-order valence-corrected chi connectivity index (χ2v) is 7.55. The number of aromatic amines is 1. The highest BCUT2D eigenvalue weighted by molar-refractivity contribution is 5.77. The van der Waals surface area contributed by atoms with Gasteiger partial charge in [0, 0.05) is 18.5 Å². The van der Waals surface area contributed by atoms with Gasteiger partial charge in [-0.15, -0.1) is 0 Å². The Labute approximate surface area is 180 Å². The van der Waals surface area contributed by atoms with Gasteiger partial charge >= 0.3 is 0 Å². The van der Waals surface area contributed by atoms with E-state index in [2.05, 4.69) is 30.8 Å². The third-order valence-electron chi connectivity index (χ3n) is 5.17. The van der Waals surface area contributed by atoms with Gasteiger partial charge in [0.15, 0.2) is 11.5 Å². The maximum atomic E-state index is 8.85. The molecule has 0 aliphatic carbocycles. The van der Waals surface area contributed by atoms with E-state index in [1.165, 1.54) is 18.8 Å². The predicted molar refractivity (Wildman–Crippen MR) is 116 cm³/mol. The van der Waals surface area contributed by atoms with Crippen molar-refractivity contribution in [2.45, 2.75) is 19.8 Å². The number of aryl methyl sites for hydroxylation is 1. The van der Waals surface area contributed by atoms with Crippen LogP contribution >= 0.6 is 0 Å². The van der Waals surface area contributed by atoms with E-state index in [0.29, 0.717) is 29.9 Å². The highest BCUT2D eigenvalue weighted by Gasteiger charge is 2.19. The lowest BCUT2D eigenvalue weighted by molar-refractivity contribution is 0.218. The lowest BCUT2D eigenvalue weighted by atomic mass is 10.0. The molecule has 0 saturated carbocycles. The largest absolute Gasteiger partial charge is 0.496 e. The first-order valence-corrected chi connectivity index (χ1v) is 10.2. The van der Waals surface area contributed by atoms with Crippen LogP contribution in [0.1, 0.15) is 24.1 Å². The summed E-state index contributed by atoms with van der Waals surface area (Å²) in [4.78, 5) is 8.17. The molecule has 160 valence electrons. The van der Waals surface area contributed by atoms with Crippen molar-refractivity contribution in [2.75, 3.05) is 32.1 Å². The fourth-order valence-electron chi connectivity index (χ4n) is 3.63. The zero-order valence-corrected chi connectivity index (χ0v) is 17.6. The molecule has 9 nitrogen and oxygen atoms in total. The van der Waals surface area contributed by atoms with Gasteiger partial charge in [-0.25, -0.2) is 9.97 Å². The predicted octanol–water partition coefficient (Wildman–Crippen LogP) is 3.18. The van der Waals surface area contributed by atoms with Crippen LogP contribution in [0.2, 0.25) is 0 Å². The molecule has 0 bridgehead atoms. The van der Waals surface area contributed by atoms with Crippen molar-refractivity contribution in [3.05, 3.63) is 41.9 Å². The topological polar surface area (TPSA) is 121 Å². The second kappa shape index (κ2) is 9.45. The van der Waals surface area contributed by atoms with Crippen molar-refractivity contribution in [1.29, 1.82) is 5.26 Å².